The van der Waals surface area contributed by atoms with Crippen molar-refractivity contribution < 1.29 is 9.72 Å². The Morgan fingerprint density at radius 2 is 1.96 bits per heavy atom. The lowest BCUT2D eigenvalue weighted by Gasteiger charge is -2.34. The Balaban J connectivity index is 1.34. The number of nitrogens with one attached hydrogen (secondary N) is 1. The van der Waals surface area contributed by atoms with Gasteiger partial charge in [-0.1, -0.05) is 11.3 Å². The van der Waals surface area contributed by atoms with Crippen molar-refractivity contribution in [1.82, 2.24) is 20.2 Å². The van der Waals surface area contributed by atoms with E-state index >= 15 is 0 Å². The first-order valence-electron chi connectivity index (χ1n) is 8.40. The van der Waals surface area contributed by atoms with E-state index in [2.05, 4.69) is 25.1 Å². The zero-order chi connectivity index (χ0) is 18.4. The standard InChI is InChI=1S/C16H20N6O3S/c23-15(13-3-4-14(26-13)22(24)25)17-7-2-8-20-9-11-21(12-10-20)16-18-5-1-6-19-16/h1,3-6H,2,7-12H2,(H,17,23). The maximum Gasteiger partial charge on any atom is 0.324 e. The number of nitrogens with zero attached hydrogens (tertiary/aromatic N) is 5. The van der Waals surface area contributed by atoms with E-state index in [1.807, 2.05) is 6.07 Å². The summed E-state index contributed by atoms with van der Waals surface area (Å²) in [6, 6.07) is 4.65. The number of rotatable bonds is 7. The van der Waals surface area contributed by atoms with Gasteiger partial charge >= 0.3 is 5.00 Å². The summed E-state index contributed by atoms with van der Waals surface area (Å²) < 4.78 is 0. The molecule has 1 saturated heterocycles. The van der Waals surface area contributed by atoms with E-state index < -0.39 is 4.92 Å². The van der Waals surface area contributed by atoms with E-state index in [0.717, 1.165) is 56.4 Å². The fourth-order valence-electron chi connectivity index (χ4n) is 2.77. The van der Waals surface area contributed by atoms with Crippen LogP contribution in [0.3, 0.4) is 0 Å². The molecule has 9 nitrogen and oxygen atoms in total. The zero-order valence-electron chi connectivity index (χ0n) is 14.2. The predicted octanol–water partition coefficient (Wildman–Crippen LogP) is 1.39. The molecular weight excluding hydrogens is 356 g/mol. The Kier molecular flexibility index (Phi) is 6.08. The van der Waals surface area contributed by atoms with Crippen LogP contribution >= 0.6 is 11.3 Å². The average molecular weight is 376 g/mol. The topological polar surface area (TPSA) is 104 Å². The molecule has 2 aromatic heterocycles. The fraction of sp³-hybridized carbons (Fsp3) is 0.438. The highest BCUT2D eigenvalue weighted by atomic mass is 32.1. The van der Waals surface area contributed by atoms with Gasteiger partial charge in [-0.15, -0.1) is 0 Å². The number of hydrogen-bond donors (Lipinski definition) is 1. The molecule has 10 heteroatoms. The highest BCUT2D eigenvalue weighted by Crippen LogP contribution is 2.23. The Morgan fingerprint density at radius 1 is 1.23 bits per heavy atom. The van der Waals surface area contributed by atoms with Crippen LogP contribution in [0.5, 0.6) is 0 Å². The van der Waals surface area contributed by atoms with Gasteiger partial charge in [-0.3, -0.25) is 19.8 Å². The highest BCUT2D eigenvalue weighted by molar-refractivity contribution is 7.17. The van der Waals surface area contributed by atoms with E-state index in [4.69, 9.17) is 0 Å². The first-order valence-corrected chi connectivity index (χ1v) is 9.22. The van der Waals surface area contributed by atoms with E-state index in [-0.39, 0.29) is 10.9 Å². The Morgan fingerprint density at radius 3 is 2.62 bits per heavy atom. The summed E-state index contributed by atoms with van der Waals surface area (Å²) in [4.78, 5) is 35.6. The number of nitro groups is 1. The second-order valence-corrected chi connectivity index (χ2v) is 6.94. The third kappa shape index (κ3) is 4.73. The summed E-state index contributed by atoms with van der Waals surface area (Å²) in [5, 5.41) is 13.5. The number of hydrogen-bond acceptors (Lipinski definition) is 8. The van der Waals surface area contributed by atoms with Gasteiger partial charge in [0, 0.05) is 51.2 Å². The monoisotopic (exact) mass is 376 g/mol. The van der Waals surface area contributed by atoms with Gasteiger partial charge in [0.05, 0.1) is 9.80 Å². The van der Waals surface area contributed by atoms with Crippen LogP contribution in [0, 0.1) is 10.1 Å². The summed E-state index contributed by atoms with van der Waals surface area (Å²) in [7, 11) is 0. The second-order valence-electron chi connectivity index (χ2n) is 5.88. The van der Waals surface area contributed by atoms with Gasteiger partial charge in [-0.2, -0.15) is 0 Å². The van der Waals surface area contributed by atoms with E-state index in [1.54, 1.807) is 12.4 Å². The van der Waals surface area contributed by atoms with E-state index in [1.165, 1.54) is 12.1 Å². The van der Waals surface area contributed by atoms with Crippen molar-refractivity contribution in [1.29, 1.82) is 0 Å². The van der Waals surface area contributed by atoms with Gasteiger partial charge in [0.2, 0.25) is 5.95 Å². The van der Waals surface area contributed by atoms with E-state index in [9.17, 15) is 14.9 Å². The summed E-state index contributed by atoms with van der Waals surface area (Å²) in [6.45, 7) is 5.08. The first kappa shape index (κ1) is 18.2. The molecule has 1 aliphatic rings. The SMILES string of the molecule is O=C(NCCCN1CCN(c2ncccn2)CC1)c1ccc([N+](=O)[O-])s1. The summed E-state index contributed by atoms with van der Waals surface area (Å²) in [5.74, 6) is 0.513. The van der Waals surface area contributed by atoms with Gasteiger partial charge in [-0.05, 0) is 25.1 Å². The molecule has 0 bridgehead atoms. The molecule has 0 spiro atoms. The van der Waals surface area contributed by atoms with Crippen LogP contribution in [0.4, 0.5) is 10.9 Å². The van der Waals surface area contributed by atoms with Crippen LogP contribution in [0.25, 0.3) is 0 Å². The van der Waals surface area contributed by atoms with Crippen LogP contribution in [0.1, 0.15) is 16.1 Å². The number of thiophene rings is 1. The number of carbonyl (C=O) groups excluding carboxylic acids is 1. The molecule has 1 aliphatic heterocycles. The van der Waals surface area contributed by atoms with Gasteiger partial charge in [0.15, 0.2) is 0 Å². The van der Waals surface area contributed by atoms with Crippen molar-refractivity contribution >= 4 is 28.2 Å². The molecule has 3 heterocycles. The van der Waals surface area contributed by atoms with Crippen molar-refractivity contribution in [2.45, 2.75) is 6.42 Å². The molecule has 0 aromatic carbocycles. The van der Waals surface area contributed by atoms with Crippen molar-refractivity contribution in [2.75, 3.05) is 44.2 Å². The number of piperazine rings is 1. The van der Waals surface area contributed by atoms with Gasteiger partial charge in [0.1, 0.15) is 0 Å². The van der Waals surface area contributed by atoms with Crippen LogP contribution < -0.4 is 10.2 Å². The molecule has 1 amide bonds. The Labute approximate surface area is 154 Å². The molecule has 138 valence electrons. The smallest absolute Gasteiger partial charge is 0.324 e. The molecule has 0 aliphatic carbocycles. The molecular formula is C16H20N6O3S. The quantitative estimate of drug-likeness (QED) is 0.442. The van der Waals surface area contributed by atoms with Crippen molar-refractivity contribution in [3.8, 4) is 0 Å². The van der Waals surface area contributed by atoms with Crippen LogP contribution in [0.15, 0.2) is 30.6 Å². The average Bonchev–Trinajstić information content (AvgIpc) is 3.17. The summed E-state index contributed by atoms with van der Waals surface area (Å²) in [6.07, 6.45) is 4.33. The molecule has 26 heavy (non-hydrogen) atoms. The Hall–Kier alpha value is -2.59. The van der Waals surface area contributed by atoms with E-state index in [0.29, 0.717) is 11.4 Å². The fourth-order valence-corrected chi connectivity index (χ4v) is 3.50. The second kappa shape index (κ2) is 8.68. The lowest BCUT2D eigenvalue weighted by molar-refractivity contribution is -0.380. The van der Waals surface area contributed by atoms with Crippen molar-refractivity contribution in [3.63, 3.8) is 0 Å². The maximum atomic E-state index is 12.0. The molecule has 3 rings (SSSR count). The normalized spacial score (nSPS) is 15.0. The van der Waals surface area contributed by atoms with Gasteiger partial charge in [-0.25, -0.2) is 9.97 Å². The minimum Gasteiger partial charge on any atom is -0.351 e. The lowest BCUT2D eigenvalue weighted by atomic mass is 10.3. The van der Waals surface area contributed by atoms with Crippen molar-refractivity contribution in [2.24, 2.45) is 0 Å². The first-order chi connectivity index (χ1) is 12.6. The molecule has 0 radical (unpaired) electrons. The molecule has 0 atom stereocenters. The maximum absolute atomic E-state index is 12.0. The summed E-state index contributed by atoms with van der Waals surface area (Å²) >= 11 is 0.894. The van der Waals surface area contributed by atoms with Crippen LogP contribution in [-0.4, -0.2) is 65.0 Å². The minimum atomic E-state index is -0.485. The molecule has 2 aromatic rings. The molecule has 0 saturated carbocycles. The van der Waals surface area contributed by atoms with Crippen LogP contribution in [-0.2, 0) is 0 Å². The molecule has 1 N–H and O–H groups in total. The Bertz CT molecular complexity index is 745. The molecule has 1 fully saturated rings. The summed E-state index contributed by atoms with van der Waals surface area (Å²) in [5.41, 5.74) is 0. The highest BCUT2D eigenvalue weighted by Gasteiger charge is 2.18. The third-order valence-electron chi connectivity index (χ3n) is 4.14. The minimum absolute atomic E-state index is 0.0181. The van der Waals surface area contributed by atoms with Gasteiger partial charge in [0.25, 0.3) is 5.91 Å². The van der Waals surface area contributed by atoms with Crippen LogP contribution in [0.2, 0.25) is 0 Å². The number of amides is 1. The van der Waals surface area contributed by atoms with Gasteiger partial charge < -0.3 is 10.2 Å². The number of carbonyl (C=O) groups is 1. The third-order valence-corrected chi connectivity index (χ3v) is 5.18. The number of aromatic nitrogens is 2. The largest absolute Gasteiger partial charge is 0.351 e. The predicted molar refractivity (Wildman–Crippen MR) is 98.6 cm³/mol. The number of anilines is 1. The lowest BCUT2D eigenvalue weighted by Crippen LogP contribution is -2.47. The molecule has 0 unspecified atom stereocenters. The van der Waals surface area contributed by atoms with Crippen molar-refractivity contribution in [3.05, 3.63) is 45.6 Å². The zero-order valence-corrected chi connectivity index (χ0v) is 15.0.